The van der Waals surface area contributed by atoms with E-state index < -0.39 is 15.8 Å². The quantitative estimate of drug-likeness (QED) is 0.853. The Morgan fingerprint density at radius 1 is 1.25 bits per heavy atom. The molecular weight excluding hydrogens is 330 g/mol. The van der Waals surface area contributed by atoms with Gasteiger partial charge in [-0.1, -0.05) is 18.2 Å². The molecule has 0 spiro atoms. The molecule has 2 aromatic rings. The van der Waals surface area contributed by atoms with Crippen LogP contribution in [-0.4, -0.2) is 42.4 Å². The van der Waals surface area contributed by atoms with Crippen LogP contribution in [0.15, 0.2) is 29.2 Å². The Kier molecular flexibility index (Phi) is 3.47. The highest BCUT2D eigenvalue weighted by Gasteiger charge is 2.37. The van der Waals surface area contributed by atoms with E-state index in [1.54, 1.807) is 28.9 Å². The van der Waals surface area contributed by atoms with Gasteiger partial charge in [0.05, 0.1) is 22.4 Å². The Hall–Kier alpha value is -2.19. The summed E-state index contributed by atoms with van der Waals surface area (Å²) in [7, 11) is -3.56. The SMILES string of the molecule is O=C(O)c1nn(C2CCNCC2)c2c1CS(=O)(=O)c1ccccc1-2. The molecule has 2 N–H and O–H groups in total. The number of sulfone groups is 1. The maximum Gasteiger partial charge on any atom is 0.356 e. The van der Waals surface area contributed by atoms with Gasteiger partial charge in [-0.05, 0) is 32.0 Å². The fraction of sp³-hybridized carbons (Fsp3) is 0.375. The van der Waals surface area contributed by atoms with Gasteiger partial charge in [-0.15, -0.1) is 0 Å². The first-order valence-electron chi connectivity index (χ1n) is 7.86. The molecule has 1 aromatic heterocycles. The Labute approximate surface area is 139 Å². The van der Waals surface area contributed by atoms with Crippen molar-refractivity contribution in [1.29, 1.82) is 0 Å². The van der Waals surface area contributed by atoms with Crippen molar-refractivity contribution in [2.24, 2.45) is 0 Å². The van der Waals surface area contributed by atoms with Crippen molar-refractivity contribution in [3.05, 3.63) is 35.5 Å². The van der Waals surface area contributed by atoms with Crippen LogP contribution in [-0.2, 0) is 15.6 Å². The summed E-state index contributed by atoms with van der Waals surface area (Å²) in [6.07, 6.45) is 1.67. The van der Waals surface area contributed by atoms with Crippen LogP contribution in [0.25, 0.3) is 11.3 Å². The molecule has 1 fully saturated rings. The number of nitrogens with zero attached hydrogens (tertiary/aromatic N) is 2. The lowest BCUT2D eigenvalue weighted by Gasteiger charge is -2.26. The average molecular weight is 347 g/mol. The molecule has 0 bridgehead atoms. The summed E-state index contributed by atoms with van der Waals surface area (Å²) in [6.45, 7) is 1.67. The van der Waals surface area contributed by atoms with Gasteiger partial charge in [-0.3, -0.25) is 4.68 Å². The van der Waals surface area contributed by atoms with Gasteiger partial charge < -0.3 is 10.4 Å². The number of hydrogen-bond donors (Lipinski definition) is 2. The Balaban J connectivity index is 2.00. The monoisotopic (exact) mass is 347 g/mol. The number of carbonyl (C=O) groups is 1. The molecule has 2 aliphatic heterocycles. The number of carboxylic acid groups (broad SMARTS) is 1. The van der Waals surface area contributed by atoms with Gasteiger partial charge in [-0.25, -0.2) is 13.2 Å². The number of aromatic carboxylic acids is 1. The largest absolute Gasteiger partial charge is 0.476 e. The highest BCUT2D eigenvalue weighted by molar-refractivity contribution is 7.90. The molecule has 0 amide bonds. The summed E-state index contributed by atoms with van der Waals surface area (Å²) >= 11 is 0. The lowest BCUT2D eigenvalue weighted by Crippen LogP contribution is -2.30. The summed E-state index contributed by atoms with van der Waals surface area (Å²) in [5, 5.41) is 17.1. The molecule has 0 unspecified atom stereocenters. The van der Waals surface area contributed by atoms with E-state index in [4.69, 9.17) is 0 Å². The molecular formula is C16H17N3O4S. The van der Waals surface area contributed by atoms with Gasteiger partial charge in [0.25, 0.3) is 0 Å². The molecule has 1 saturated heterocycles. The normalized spacial score (nSPS) is 19.5. The van der Waals surface area contributed by atoms with Crippen molar-refractivity contribution in [1.82, 2.24) is 15.1 Å². The van der Waals surface area contributed by atoms with Gasteiger partial charge in [0, 0.05) is 11.1 Å². The van der Waals surface area contributed by atoms with Crippen molar-refractivity contribution in [3.8, 4) is 11.3 Å². The number of fused-ring (bicyclic) bond motifs is 3. The van der Waals surface area contributed by atoms with E-state index in [0.717, 1.165) is 25.9 Å². The predicted molar refractivity (Wildman–Crippen MR) is 86.7 cm³/mol. The first kappa shape index (κ1) is 15.3. The highest BCUT2D eigenvalue weighted by Crippen LogP contribution is 2.41. The third kappa shape index (κ3) is 2.25. The van der Waals surface area contributed by atoms with Crippen LogP contribution < -0.4 is 5.32 Å². The van der Waals surface area contributed by atoms with Crippen molar-refractivity contribution >= 4 is 15.8 Å². The topological polar surface area (TPSA) is 101 Å². The minimum atomic E-state index is -3.56. The summed E-state index contributed by atoms with van der Waals surface area (Å²) in [4.78, 5) is 11.9. The van der Waals surface area contributed by atoms with E-state index in [2.05, 4.69) is 10.4 Å². The third-order valence-electron chi connectivity index (χ3n) is 4.68. The number of piperidine rings is 1. The van der Waals surface area contributed by atoms with Crippen LogP contribution in [0.3, 0.4) is 0 Å². The van der Waals surface area contributed by atoms with Crippen LogP contribution in [0.2, 0.25) is 0 Å². The molecule has 0 radical (unpaired) electrons. The van der Waals surface area contributed by atoms with E-state index in [1.165, 1.54) is 0 Å². The van der Waals surface area contributed by atoms with Crippen molar-refractivity contribution < 1.29 is 18.3 Å². The first-order valence-corrected chi connectivity index (χ1v) is 9.52. The second-order valence-electron chi connectivity index (χ2n) is 6.16. The third-order valence-corrected chi connectivity index (χ3v) is 6.37. The molecule has 8 heteroatoms. The maximum atomic E-state index is 12.6. The number of nitrogens with one attached hydrogen (secondary N) is 1. The smallest absolute Gasteiger partial charge is 0.356 e. The summed E-state index contributed by atoms with van der Waals surface area (Å²) in [6, 6.07) is 6.83. The van der Waals surface area contributed by atoms with E-state index in [9.17, 15) is 18.3 Å². The van der Waals surface area contributed by atoms with Gasteiger partial charge in [0.1, 0.15) is 0 Å². The van der Waals surface area contributed by atoms with Crippen molar-refractivity contribution in [2.45, 2.75) is 29.5 Å². The molecule has 0 aliphatic carbocycles. The van der Waals surface area contributed by atoms with E-state index >= 15 is 0 Å². The minimum Gasteiger partial charge on any atom is -0.476 e. The second kappa shape index (κ2) is 5.42. The summed E-state index contributed by atoms with van der Waals surface area (Å²) in [5.41, 5.74) is 1.35. The summed E-state index contributed by atoms with van der Waals surface area (Å²) < 4.78 is 26.9. The van der Waals surface area contributed by atoms with Gasteiger partial charge in [0.2, 0.25) is 0 Å². The number of aromatic nitrogens is 2. The predicted octanol–water partition coefficient (Wildman–Crippen LogP) is 1.46. The minimum absolute atomic E-state index is 0.0713. The summed E-state index contributed by atoms with van der Waals surface area (Å²) in [5.74, 6) is -1.50. The van der Waals surface area contributed by atoms with Gasteiger partial charge >= 0.3 is 5.97 Å². The first-order chi connectivity index (χ1) is 11.5. The molecule has 7 nitrogen and oxygen atoms in total. The molecule has 2 aliphatic rings. The van der Waals surface area contributed by atoms with Crippen molar-refractivity contribution in [3.63, 3.8) is 0 Å². The molecule has 0 atom stereocenters. The van der Waals surface area contributed by atoms with E-state index in [0.29, 0.717) is 16.8 Å². The maximum absolute atomic E-state index is 12.6. The second-order valence-corrected chi connectivity index (χ2v) is 8.12. The molecule has 3 heterocycles. The van der Waals surface area contributed by atoms with Crippen LogP contribution >= 0.6 is 0 Å². The molecule has 4 rings (SSSR count). The van der Waals surface area contributed by atoms with Gasteiger partial charge in [0.15, 0.2) is 15.5 Å². The van der Waals surface area contributed by atoms with Crippen LogP contribution in [0.1, 0.15) is 34.9 Å². The van der Waals surface area contributed by atoms with Crippen LogP contribution in [0, 0.1) is 0 Å². The number of benzene rings is 1. The Bertz CT molecular complexity index is 927. The molecule has 24 heavy (non-hydrogen) atoms. The average Bonchev–Trinajstić information content (AvgIpc) is 2.95. The van der Waals surface area contributed by atoms with Gasteiger partial charge in [-0.2, -0.15) is 5.10 Å². The number of carboxylic acids is 1. The fourth-order valence-corrected chi connectivity index (χ4v) is 5.17. The standard InChI is InChI=1S/C16H17N3O4S/c20-16(21)14-12-9-24(22,23)13-4-2-1-3-11(13)15(12)19(18-14)10-5-7-17-8-6-10/h1-4,10,17H,5-9H2,(H,20,21). The molecule has 1 aromatic carbocycles. The Morgan fingerprint density at radius 3 is 2.67 bits per heavy atom. The zero-order chi connectivity index (χ0) is 16.9. The highest BCUT2D eigenvalue weighted by atomic mass is 32.2. The Morgan fingerprint density at radius 2 is 1.96 bits per heavy atom. The molecule has 0 saturated carbocycles. The zero-order valence-corrected chi connectivity index (χ0v) is 13.7. The molecule has 126 valence electrons. The lowest BCUT2D eigenvalue weighted by molar-refractivity contribution is 0.0688. The van der Waals surface area contributed by atoms with Crippen molar-refractivity contribution in [2.75, 3.05) is 13.1 Å². The van der Waals surface area contributed by atoms with Crippen LogP contribution in [0.5, 0.6) is 0 Å². The lowest BCUT2D eigenvalue weighted by atomic mass is 10.0. The van der Waals surface area contributed by atoms with E-state index in [1.807, 2.05) is 0 Å². The number of rotatable bonds is 2. The zero-order valence-electron chi connectivity index (χ0n) is 12.9. The van der Waals surface area contributed by atoms with Crippen LogP contribution in [0.4, 0.5) is 0 Å². The fourth-order valence-electron chi connectivity index (χ4n) is 3.58. The number of hydrogen-bond acceptors (Lipinski definition) is 5. The van der Waals surface area contributed by atoms with E-state index in [-0.39, 0.29) is 22.4 Å².